The molecule has 138 valence electrons. The zero-order valence-corrected chi connectivity index (χ0v) is 16.6. The van der Waals surface area contributed by atoms with Gasteiger partial charge in [0.15, 0.2) is 0 Å². The molecule has 10 heteroatoms. The molecule has 0 atom stereocenters. The van der Waals surface area contributed by atoms with Gasteiger partial charge in [-0.15, -0.1) is 0 Å². The fraction of sp³-hybridized carbons (Fsp3) is 0.188. The summed E-state index contributed by atoms with van der Waals surface area (Å²) in [6.07, 6.45) is 0. The van der Waals surface area contributed by atoms with E-state index in [1.807, 2.05) is 22.6 Å². The summed E-state index contributed by atoms with van der Waals surface area (Å²) in [5, 5.41) is 10.9. The van der Waals surface area contributed by atoms with Crippen LogP contribution in [-0.2, 0) is 19.6 Å². The topological polar surface area (TPSA) is 107 Å². The highest BCUT2D eigenvalue weighted by Crippen LogP contribution is 2.27. The van der Waals surface area contributed by atoms with E-state index in [1.54, 1.807) is 25.1 Å². The number of nitro groups is 1. The van der Waals surface area contributed by atoms with Gasteiger partial charge in [-0.2, -0.15) is 0 Å². The molecule has 0 aliphatic rings. The Balaban J connectivity index is 2.54. The fourth-order valence-corrected chi connectivity index (χ4v) is 4.12. The largest absolute Gasteiger partial charge is 0.465 e. The number of hydrogen-bond acceptors (Lipinski definition) is 6. The zero-order valence-electron chi connectivity index (χ0n) is 13.7. The molecule has 0 radical (unpaired) electrons. The highest BCUT2D eigenvalue weighted by molar-refractivity contribution is 14.1. The van der Waals surface area contributed by atoms with E-state index in [2.05, 4.69) is 0 Å². The summed E-state index contributed by atoms with van der Waals surface area (Å²) in [5.74, 6) is -0.722. The van der Waals surface area contributed by atoms with Crippen molar-refractivity contribution in [3.63, 3.8) is 0 Å². The van der Waals surface area contributed by atoms with Crippen LogP contribution >= 0.6 is 22.6 Å². The predicted molar refractivity (Wildman–Crippen MR) is 103 cm³/mol. The fourth-order valence-electron chi connectivity index (χ4n) is 2.15. The Morgan fingerprint density at radius 3 is 2.54 bits per heavy atom. The molecule has 0 unspecified atom stereocenters. The first kappa shape index (κ1) is 20.1. The van der Waals surface area contributed by atoms with Crippen molar-refractivity contribution >= 4 is 50.0 Å². The van der Waals surface area contributed by atoms with Crippen LogP contribution < -0.4 is 4.31 Å². The number of sulfonamides is 1. The van der Waals surface area contributed by atoms with Crippen molar-refractivity contribution in [3.8, 4) is 0 Å². The molecule has 0 aliphatic heterocycles. The molecular weight excluding hydrogens is 475 g/mol. The third kappa shape index (κ3) is 4.69. The number of rotatable bonds is 7. The summed E-state index contributed by atoms with van der Waals surface area (Å²) in [6.45, 7) is 1.18. The first-order valence-electron chi connectivity index (χ1n) is 7.44. The summed E-state index contributed by atoms with van der Waals surface area (Å²) in [6, 6.07) is 11.2. The molecule has 26 heavy (non-hydrogen) atoms. The van der Waals surface area contributed by atoms with Crippen LogP contribution in [0.25, 0.3) is 0 Å². The number of benzene rings is 2. The average Bonchev–Trinajstić information content (AvgIpc) is 2.60. The molecule has 0 aromatic heterocycles. The maximum atomic E-state index is 13.1. The molecule has 0 saturated carbocycles. The quantitative estimate of drug-likeness (QED) is 0.256. The van der Waals surface area contributed by atoms with E-state index in [0.717, 1.165) is 13.9 Å². The summed E-state index contributed by atoms with van der Waals surface area (Å²) >= 11 is 2.02. The smallest absolute Gasteiger partial charge is 0.326 e. The standard InChI is InChI=1S/C16H15IN2O6S/c1-2-25-16(20)11-18(13-6-3-5-12(17)9-13)26(23,24)15-8-4-7-14(10-15)19(21)22/h3-10H,2,11H2,1H3. The second-order valence-corrected chi connectivity index (χ2v) is 8.16. The van der Waals surface area contributed by atoms with Crippen LogP contribution in [0.2, 0.25) is 0 Å². The van der Waals surface area contributed by atoms with E-state index in [0.29, 0.717) is 0 Å². The van der Waals surface area contributed by atoms with Gasteiger partial charge in [0.2, 0.25) is 0 Å². The van der Waals surface area contributed by atoms with E-state index in [-0.39, 0.29) is 22.9 Å². The highest BCUT2D eigenvalue weighted by atomic mass is 127. The lowest BCUT2D eigenvalue weighted by atomic mass is 10.3. The third-order valence-electron chi connectivity index (χ3n) is 3.29. The molecule has 0 bridgehead atoms. The minimum atomic E-state index is -4.22. The minimum Gasteiger partial charge on any atom is -0.465 e. The van der Waals surface area contributed by atoms with Gasteiger partial charge in [-0.1, -0.05) is 12.1 Å². The number of anilines is 1. The Hall–Kier alpha value is -2.21. The van der Waals surface area contributed by atoms with Crippen LogP contribution in [0.5, 0.6) is 0 Å². The Morgan fingerprint density at radius 2 is 1.92 bits per heavy atom. The van der Waals surface area contributed by atoms with Crippen molar-refractivity contribution in [2.24, 2.45) is 0 Å². The summed E-state index contributed by atoms with van der Waals surface area (Å²) < 4.78 is 32.6. The molecule has 8 nitrogen and oxygen atoms in total. The van der Waals surface area contributed by atoms with Gasteiger partial charge >= 0.3 is 5.97 Å². The van der Waals surface area contributed by atoms with Gasteiger partial charge in [-0.25, -0.2) is 8.42 Å². The van der Waals surface area contributed by atoms with Gasteiger partial charge in [-0.05, 0) is 53.8 Å². The third-order valence-corrected chi connectivity index (χ3v) is 5.73. The first-order valence-corrected chi connectivity index (χ1v) is 9.96. The average molecular weight is 490 g/mol. The Kier molecular flexibility index (Phi) is 6.53. The van der Waals surface area contributed by atoms with Crippen molar-refractivity contribution in [1.29, 1.82) is 0 Å². The van der Waals surface area contributed by atoms with Crippen LogP contribution in [-0.4, -0.2) is 32.5 Å². The molecule has 0 heterocycles. The van der Waals surface area contributed by atoms with Crippen molar-refractivity contribution in [2.45, 2.75) is 11.8 Å². The monoisotopic (exact) mass is 490 g/mol. The van der Waals surface area contributed by atoms with Gasteiger partial charge in [-0.3, -0.25) is 19.2 Å². The normalized spacial score (nSPS) is 11.0. The van der Waals surface area contributed by atoms with Gasteiger partial charge < -0.3 is 4.74 Å². The molecular formula is C16H15IN2O6S. The van der Waals surface area contributed by atoms with Crippen molar-refractivity contribution in [2.75, 3.05) is 17.5 Å². The molecule has 0 N–H and O–H groups in total. The minimum absolute atomic E-state index is 0.107. The van der Waals surface area contributed by atoms with E-state index in [9.17, 15) is 23.3 Å². The lowest BCUT2D eigenvalue weighted by molar-refractivity contribution is -0.385. The lowest BCUT2D eigenvalue weighted by Gasteiger charge is -2.23. The summed E-state index contributed by atoms with van der Waals surface area (Å²) in [5.41, 5.74) is -0.0961. The molecule has 0 fully saturated rings. The molecule has 2 rings (SSSR count). The van der Waals surface area contributed by atoms with E-state index in [1.165, 1.54) is 24.3 Å². The van der Waals surface area contributed by atoms with E-state index in [4.69, 9.17) is 4.74 Å². The second kappa shape index (κ2) is 8.45. The van der Waals surface area contributed by atoms with Crippen LogP contribution in [0.15, 0.2) is 53.4 Å². The number of ether oxygens (including phenoxy) is 1. The molecule has 2 aromatic carbocycles. The van der Waals surface area contributed by atoms with E-state index < -0.39 is 27.5 Å². The zero-order chi connectivity index (χ0) is 19.3. The molecule has 0 spiro atoms. The van der Waals surface area contributed by atoms with Crippen molar-refractivity contribution in [3.05, 3.63) is 62.2 Å². The molecule has 0 aliphatic carbocycles. The van der Waals surface area contributed by atoms with E-state index >= 15 is 0 Å². The summed E-state index contributed by atoms with van der Waals surface area (Å²) in [7, 11) is -4.22. The number of hydrogen-bond donors (Lipinski definition) is 0. The van der Waals surface area contributed by atoms with Crippen molar-refractivity contribution in [1.82, 2.24) is 0 Å². The van der Waals surface area contributed by atoms with Crippen LogP contribution in [0.4, 0.5) is 11.4 Å². The SMILES string of the molecule is CCOC(=O)CN(c1cccc(I)c1)S(=O)(=O)c1cccc([N+](=O)[O-])c1. The molecule has 2 aromatic rings. The number of nitrogens with zero attached hydrogens (tertiary/aromatic N) is 2. The number of carbonyl (C=O) groups is 1. The molecule has 0 saturated heterocycles. The number of esters is 1. The Labute approximate surface area is 164 Å². The maximum Gasteiger partial charge on any atom is 0.326 e. The van der Waals surface area contributed by atoms with Crippen LogP contribution in [0, 0.1) is 13.7 Å². The maximum absolute atomic E-state index is 13.1. The van der Waals surface area contributed by atoms with Crippen LogP contribution in [0.3, 0.4) is 0 Å². The van der Waals surface area contributed by atoms with Gasteiger partial charge in [0.25, 0.3) is 15.7 Å². The lowest BCUT2D eigenvalue weighted by Crippen LogP contribution is -2.36. The second-order valence-electron chi connectivity index (χ2n) is 5.05. The predicted octanol–water partition coefficient (Wildman–Crippen LogP) is 2.96. The van der Waals surface area contributed by atoms with Crippen molar-refractivity contribution < 1.29 is 22.9 Å². The summed E-state index contributed by atoms with van der Waals surface area (Å²) in [4.78, 5) is 21.9. The van der Waals surface area contributed by atoms with Gasteiger partial charge in [0.05, 0.1) is 22.1 Å². The Bertz CT molecular complexity index is 932. The highest BCUT2D eigenvalue weighted by Gasteiger charge is 2.29. The first-order chi connectivity index (χ1) is 12.3. The molecule has 0 amide bonds. The van der Waals surface area contributed by atoms with Crippen LogP contribution in [0.1, 0.15) is 6.92 Å². The number of non-ortho nitro benzene ring substituents is 1. The Morgan fingerprint density at radius 1 is 1.23 bits per heavy atom. The van der Waals surface area contributed by atoms with Gasteiger partial charge in [0.1, 0.15) is 6.54 Å². The number of carbonyl (C=O) groups excluding carboxylic acids is 1. The van der Waals surface area contributed by atoms with Gasteiger partial charge in [0, 0.05) is 15.7 Å². The number of nitro benzene ring substituents is 1. The number of halogens is 1.